The number of hydrogen-bond donors (Lipinski definition) is 3. The van der Waals surface area contributed by atoms with Crippen molar-refractivity contribution < 1.29 is 23.9 Å². The number of benzene rings is 3. The molecule has 40 heavy (non-hydrogen) atoms. The lowest BCUT2D eigenvalue weighted by molar-refractivity contribution is -0.139. The number of alkyl carbamates (subject to hydrolysis) is 1. The minimum atomic E-state index is -1.17. The summed E-state index contributed by atoms with van der Waals surface area (Å²) in [6.07, 6.45) is 4.42. The van der Waals surface area contributed by atoms with Crippen LogP contribution in [-0.2, 0) is 19.1 Å². The Morgan fingerprint density at radius 3 is 2.25 bits per heavy atom. The third kappa shape index (κ3) is 8.08. The number of anilines is 1. The summed E-state index contributed by atoms with van der Waals surface area (Å²) in [7, 11) is 1.45. The minimum Gasteiger partial charge on any atom is -0.444 e. The fraction of sp³-hybridized carbons (Fsp3) is 0.290. The van der Waals surface area contributed by atoms with Crippen molar-refractivity contribution >= 4 is 40.3 Å². The molecular formula is C31H34N4O5. The molecule has 4 N–H and O–H groups in total. The average molecular weight is 543 g/mol. The lowest BCUT2D eigenvalue weighted by atomic mass is 10.0. The van der Waals surface area contributed by atoms with Gasteiger partial charge in [-0.15, -0.1) is 6.42 Å². The van der Waals surface area contributed by atoms with Crippen molar-refractivity contribution in [2.75, 3.05) is 12.4 Å². The molecule has 208 valence electrons. The number of carbonyl (C=O) groups excluding carboxylic acids is 4. The number of likely N-dealkylation sites (N-methyl/N-ethyl adjacent to an activating group) is 1. The molecule has 0 aliphatic carbocycles. The summed E-state index contributed by atoms with van der Waals surface area (Å²) in [5.41, 5.74) is 6.16. The summed E-state index contributed by atoms with van der Waals surface area (Å²) in [6, 6.07) is 17.7. The monoisotopic (exact) mass is 542 g/mol. The number of primary amides is 1. The number of nitrogens with two attached hydrogens (primary N) is 1. The zero-order chi connectivity index (χ0) is 29.4. The number of nitrogens with zero attached hydrogens (tertiary/aromatic N) is 1. The summed E-state index contributed by atoms with van der Waals surface area (Å²) < 4.78 is 5.30. The van der Waals surface area contributed by atoms with Crippen LogP contribution in [0.5, 0.6) is 0 Å². The topological polar surface area (TPSA) is 131 Å². The fourth-order valence-electron chi connectivity index (χ4n) is 4.16. The van der Waals surface area contributed by atoms with Crippen LogP contribution in [0.2, 0.25) is 0 Å². The Balaban J connectivity index is 1.93. The smallest absolute Gasteiger partial charge is 0.408 e. The Hall–Kier alpha value is -4.84. The maximum absolute atomic E-state index is 13.7. The van der Waals surface area contributed by atoms with Crippen molar-refractivity contribution in [2.24, 2.45) is 5.73 Å². The molecule has 0 aliphatic rings. The van der Waals surface area contributed by atoms with E-state index in [9.17, 15) is 19.2 Å². The number of amides is 4. The third-order valence-corrected chi connectivity index (χ3v) is 6.06. The van der Waals surface area contributed by atoms with Crippen LogP contribution in [0.4, 0.5) is 10.5 Å². The van der Waals surface area contributed by atoms with Crippen LogP contribution < -0.4 is 16.4 Å². The molecule has 0 aromatic heterocycles. The minimum absolute atomic E-state index is 0.0766. The summed E-state index contributed by atoms with van der Waals surface area (Å²) in [4.78, 5) is 52.7. The van der Waals surface area contributed by atoms with Gasteiger partial charge >= 0.3 is 6.09 Å². The van der Waals surface area contributed by atoms with Crippen molar-refractivity contribution in [2.45, 2.75) is 51.3 Å². The number of nitrogens with one attached hydrogen (secondary N) is 2. The normalized spacial score (nSPS) is 12.5. The van der Waals surface area contributed by atoms with Crippen molar-refractivity contribution in [3.05, 3.63) is 77.9 Å². The van der Waals surface area contributed by atoms with Crippen molar-refractivity contribution in [1.82, 2.24) is 10.2 Å². The summed E-state index contributed by atoms with van der Waals surface area (Å²) in [6.45, 7) is 5.06. The molecular weight excluding hydrogens is 508 g/mol. The summed E-state index contributed by atoms with van der Waals surface area (Å²) in [5.74, 6) is 0.808. The standard InChI is InChI=1S/C31H34N4O5/c1-6-20-11-13-22(14-12-20)27(28(37)33-24-16-15-21-9-7-8-10-23(21)19-24)35(5)29(38)25(17-18-26(32)36)34-30(39)40-31(2,3)4/h1,7-16,19,25,27H,17-18H2,2-5H3,(H2,32,36)(H,33,37)(H,34,39). The molecule has 0 fully saturated rings. The second-order valence-corrected chi connectivity index (χ2v) is 10.4. The molecule has 0 saturated heterocycles. The molecule has 4 amide bonds. The maximum atomic E-state index is 13.7. The molecule has 0 aliphatic heterocycles. The van der Waals surface area contributed by atoms with Gasteiger partial charge in [-0.1, -0.05) is 48.4 Å². The lowest BCUT2D eigenvalue weighted by Gasteiger charge is -2.31. The van der Waals surface area contributed by atoms with Crippen LogP contribution in [0, 0.1) is 12.3 Å². The molecule has 0 bridgehead atoms. The highest BCUT2D eigenvalue weighted by atomic mass is 16.6. The van der Waals surface area contributed by atoms with E-state index in [1.54, 1.807) is 51.1 Å². The van der Waals surface area contributed by atoms with Gasteiger partial charge in [0, 0.05) is 24.7 Å². The van der Waals surface area contributed by atoms with E-state index >= 15 is 0 Å². The quantitative estimate of drug-likeness (QED) is 0.350. The first-order valence-electron chi connectivity index (χ1n) is 12.8. The Bertz CT molecular complexity index is 1440. The van der Waals surface area contributed by atoms with Crippen molar-refractivity contribution in [3.8, 4) is 12.3 Å². The van der Waals surface area contributed by atoms with E-state index in [0.717, 1.165) is 10.8 Å². The van der Waals surface area contributed by atoms with Gasteiger partial charge in [0.25, 0.3) is 5.91 Å². The average Bonchev–Trinajstić information content (AvgIpc) is 2.90. The first-order valence-corrected chi connectivity index (χ1v) is 12.8. The highest BCUT2D eigenvalue weighted by Crippen LogP contribution is 2.25. The molecule has 2 atom stereocenters. The Labute approximate surface area is 234 Å². The SMILES string of the molecule is C#Cc1ccc(C(C(=O)Nc2ccc3ccccc3c2)N(C)C(=O)C(CCC(N)=O)NC(=O)OC(C)(C)C)cc1. The molecule has 0 heterocycles. The van der Waals surface area contributed by atoms with Gasteiger partial charge in [-0.2, -0.15) is 0 Å². The largest absolute Gasteiger partial charge is 0.444 e. The van der Waals surface area contributed by atoms with Crippen LogP contribution in [0.1, 0.15) is 50.8 Å². The zero-order valence-corrected chi connectivity index (χ0v) is 23.1. The first kappa shape index (κ1) is 29.7. The van der Waals surface area contributed by atoms with E-state index in [1.807, 2.05) is 36.4 Å². The van der Waals surface area contributed by atoms with Gasteiger partial charge < -0.3 is 26.0 Å². The molecule has 3 aromatic carbocycles. The van der Waals surface area contributed by atoms with Gasteiger partial charge in [0.1, 0.15) is 17.7 Å². The van der Waals surface area contributed by atoms with Gasteiger partial charge in [-0.3, -0.25) is 14.4 Å². The molecule has 0 saturated carbocycles. The van der Waals surface area contributed by atoms with Crippen LogP contribution in [-0.4, -0.2) is 47.4 Å². The van der Waals surface area contributed by atoms with Gasteiger partial charge in [-0.25, -0.2) is 4.79 Å². The number of ether oxygens (including phenoxy) is 1. The van der Waals surface area contributed by atoms with E-state index in [0.29, 0.717) is 16.8 Å². The maximum Gasteiger partial charge on any atom is 0.408 e. The first-order chi connectivity index (χ1) is 18.9. The van der Waals surface area contributed by atoms with Crippen molar-refractivity contribution in [1.29, 1.82) is 0 Å². The molecule has 3 rings (SSSR count). The predicted octanol–water partition coefficient (Wildman–Crippen LogP) is 4.12. The van der Waals surface area contributed by atoms with E-state index in [1.165, 1.54) is 11.9 Å². The Morgan fingerprint density at radius 1 is 1.00 bits per heavy atom. The van der Waals surface area contributed by atoms with Gasteiger partial charge in [0.2, 0.25) is 11.8 Å². The number of carbonyl (C=O) groups is 4. The van der Waals surface area contributed by atoms with E-state index in [2.05, 4.69) is 16.6 Å². The molecule has 9 nitrogen and oxygen atoms in total. The van der Waals surface area contributed by atoms with Gasteiger partial charge in [-0.05, 0) is 67.8 Å². The lowest BCUT2D eigenvalue weighted by Crippen LogP contribution is -2.51. The molecule has 0 spiro atoms. The third-order valence-electron chi connectivity index (χ3n) is 6.06. The predicted molar refractivity (Wildman–Crippen MR) is 154 cm³/mol. The molecule has 3 aromatic rings. The Kier molecular flexibility index (Phi) is 9.51. The van der Waals surface area contributed by atoms with Crippen LogP contribution in [0.15, 0.2) is 66.7 Å². The zero-order valence-electron chi connectivity index (χ0n) is 23.1. The van der Waals surface area contributed by atoms with Gasteiger partial charge in [0.05, 0.1) is 0 Å². The Morgan fingerprint density at radius 2 is 1.65 bits per heavy atom. The van der Waals surface area contributed by atoms with Crippen LogP contribution in [0.25, 0.3) is 10.8 Å². The number of hydrogen-bond acceptors (Lipinski definition) is 5. The number of rotatable bonds is 9. The summed E-state index contributed by atoms with van der Waals surface area (Å²) in [5, 5.41) is 7.37. The van der Waals surface area contributed by atoms with E-state index in [4.69, 9.17) is 16.9 Å². The highest BCUT2D eigenvalue weighted by Gasteiger charge is 2.34. The second-order valence-electron chi connectivity index (χ2n) is 10.4. The summed E-state index contributed by atoms with van der Waals surface area (Å²) >= 11 is 0. The fourth-order valence-corrected chi connectivity index (χ4v) is 4.16. The number of terminal acetylenes is 1. The molecule has 0 radical (unpaired) electrons. The number of fused-ring (bicyclic) bond motifs is 1. The van der Waals surface area contributed by atoms with E-state index < -0.39 is 41.5 Å². The second kappa shape index (κ2) is 12.8. The van der Waals surface area contributed by atoms with Crippen LogP contribution >= 0.6 is 0 Å². The highest BCUT2D eigenvalue weighted by molar-refractivity contribution is 6.00. The molecule has 2 unspecified atom stereocenters. The van der Waals surface area contributed by atoms with Crippen molar-refractivity contribution in [3.63, 3.8) is 0 Å². The van der Waals surface area contributed by atoms with Gasteiger partial charge in [0.15, 0.2) is 0 Å². The molecule has 9 heteroatoms. The van der Waals surface area contributed by atoms with E-state index in [-0.39, 0.29) is 12.8 Å². The van der Waals surface area contributed by atoms with Crippen LogP contribution in [0.3, 0.4) is 0 Å².